The minimum absolute atomic E-state index is 0.262. The maximum absolute atomic E-state index is 12.9. The standard InChI is InChI=1S/C18H18FN3O3/c1-10-3-8-14(9-15(10)16(20)23)22-18(25)17(24)21-11(2)12-4-6-13(19)7-5-12/h3-9,11H,1-2H3,(H2,20,23)(H,21,24)(H,22,25)/t11-/m0/s1. The number of hydrogen-bond donors (Lipinski definition) is 3. The summed E-state index contributed by atoms with van der Waals surface area (Å²) in [6.07, 6.45) is 0. The van der Waals surface area contributed by atoms with Crippen molar-refractivity contribution in [1.29, 1.82) is 0 Å². The van der Waals surface area contributed by atoms with Gasteiger partial charge in [0.2, 0.25) is 5.91 Å². The summed E-state index contributed by atoms with van der Waals surface area (Å²) in [6, 6.07) is 9.72. The number of nitrogens with two attached hydrogens (primary N) is 1. The Labute approximate surface area is 144 Å². The fourth-order valence-corrected chi connectivity index (χ4v) is 2.25. The van der Waals surface area contributed by atoms with E-state index in [0.717, 1.165) is 0 Å². The molecule has 2 aromatic rings. The summed E-state index contributed by atoms with van der Waals surface area (Å²) >= 11 is 0. The Balaban J connectivity index is 2.03. The van der Waals surface area contributed by atoms with Gasteiger partial charge >= 0.3 is 11.8 Å². The maximum Gasteiger partial charge on any atom is 0.313 e. The lowest BCUT2D eigenvalue weighted by Crippen LogP contribution is -2.37. The lowest BCUT2D eigenvalue weighted by Gasteiger charge is -2.14. The second kappa shape index (κ2) is 7.57. The summed E-state index contributed by atoms with van der Waals surface area (Å²) in [7, 11) is 0. The van der Waals surface area contributed by atoms with Crippen molar-refractivity contribution in [2.24, 2.45) is 5.73 Å². The second-order valence-corrected chi connectivity index (χ2v) is 5.59. The molecule has 2 rings (SSSR count). The molecule has 0 aromatic heterocycles. The van der Waals surface area contributed by atoms with Crippen LogP contribution in [0.1, 0.15) is 34.5 Å². The molecule has 1 atom stereocenters. The van der Waals surface area contributed by atoms with Gasteiger partial charge in [-0.05, 0) is 49.2 Å². The van der Waals surface area contributed by atoms with Gasteiger partial charge in [-0.1, -0.05) is 18.2 Å². The van der Waals surface area contributed by atoms with Gasteiger partial charge < -0.3 is 16.4 Å². The van der Waals surface area contributed by atoms with Gasteiger partial charge in [0.05, 0.1) is 6.04 Å². The summed E-state index contributed by atoms with van der Waals surface area (Å²) in [5.41, 5.74) is 7.13. The summed E-state index contributed by atoms with van der Waals surface area (Å²) < 4.78 is 12.9. The SMILES string of the molecule is Cc1ccc(NC(=O)C(=O)N[C@@H](C)c2ccc(F)cc2)cc1C(N)=O. The molecular formula is C18H18FN3O3. The fourth-order valence-electron chi connectivity index (χ4n) is 2.25. The van der Waals surface area contributed by atoms with Gasteiger partial charge in [-0.15, -0.1) is 0 Å². The second-order valence-electron chi connectivity index (χ2n) is 5.59. The molecule has 0 aliphatic carbocycles. The Morgan fingerprint density at radius 1 is 1.04 bits per heavy atom. The highest BCUT2D eigenvalue weighted by atomic mass is 19.1. The van der Waals surface area contributed by atoms with Crippen molar-refractivity contribution in [3.8, 4) is 0 Å². The zero-order valence-electron chi connectivity index (χ0n) is 13.8. The number of nitrogens with one attached hydrogen (secondary N) is 2. The molecular weight excluding hydrogens is 325 g/mol. The van der Waals surface area contributed by atoms with E-state index in [9.17, 15) is 18.8 Å². The molecule has 3 amide bonds. The fraction of sp³-hybridized carbons (Fsp3) is 0.167. The Bertz CT molecular complexity index is 819. The van der Waals surface area contributed by atoms with Crippen LogP contribution in [-0.4, -0.2) is 17.7 Å². The van der Waals surface area contributed by atoms with Gasteiger partial charge in [0.15, 0.2) is 0 Å². The molecule has 0 saturated carbocycles. The Morgan fingerprint density at radius 3 is 2.28 bits per heavy atom. The number of rotatable bonds is 4. The Kier molecular flexibility index (Phi) is 5.49. The van der Waals surface area contributed by atoms with Crippen LogP contribution < -0.4 is 16.4 Å². The molecule has 0 spiro atoms. The van der Waals surface area contributed by atoms with E-state index in [0.29, 0.717) is 11.1 Å². The predicted octanol–water partition coefficient (Wildman–Crippen LogP) is 2.05. The summed E-state index contributed by atoms with van der Waals surface area (Å²) in [5, 5.41) is 4.93. The normalized spacial score (nSPS) is 11.5. The summed E-state index contributed by atoms with van der Waals surface area (Å²) in [6.45, 7) is 3.39. The molecule has 0 radical (unpaired) electrons. The molecule has 0 aliphatic rings. The number of primary amides is 1. The van der Waals surface area contributed by atoms with Gasteiger partial charge in [0.25, 0.3) is 0 Å². The number of halogens is 1. The minimum atomic E-state index is -0.881. The number of aryl methyl sites for hydroxylation is 1. The Morgan fingerprint density at radius 2 is 1.68 bits per heavy atom. The van der Waals surface area contributed by atoms with E-state index in [1.807, 2.05) is 0 Å². The largest absolute Gasteiger partial charge is 0.366 e. The first-order chi connectivity index (χ1) is 11.8. The topological polar surface area (TPSA) is 101 Å². The number of amides is 3. The number of benzene rings is 2. The first-order valence-electron chi connectivity index (χ1n) is 7.55. The third kappa shape index (κ3) is 4.63. The molecule has 6 nitrogen and oxygen atoms in total. The van der Waals surface area contributed by atoms with Crippen LogP contribution in [0.25, 0.3) is 0 Å². The lowest BCUT2D eigenvalue weighted by atomic mass is 10.1. The van der Waals surface area contributed by atoms with Gasteiger partial charge in [-0.2, -0.15) is 0 Å². The van der Waals surface area contributed by atoms with Gasteiger partial charge in [-0.3, -0.25) is 14.4 Å². The highest BCUT2D eigenvalue weighted by Crippen LogP contribution is 2.16. The zero-order chi connectivity index (χ0) is 18.6. The van der Waals surface area contributed by atoms with Crippen molar-refractivity contribution >= 4 is 23.4 Å². The van der Waals surface area contributed by atoms with Crippen molar-refractivity contribution in [3.63, 3.8) is 0 Å². The number of carbonyl (C=O) groups excluding carboxylic acids is 3. The molecule has 130 valence electrons. The quantitative estimate of drug-likeness (QED) is 0.741. The predicted molar refractivity (Wildman–Crippen MR) is 91.3 cm³/mol. The minimum Gasteiger partial charge on any atom is -0.366 e. The van der Waals surface area contributed by atoms with Crippen molar-refractivity contribution in [3.05, 3.63) is 65.0 Å². The first-order valence-corrected chi connectivity index (χ1v) is 7.55. The number of anilines is 1. The molecule has 4 N–H and O–H groups in total. The molecule has 2 aromatic carbocycles. The molecule has 0 unspecified atom stereocenters. The average molecular weight is 343 g/mol. The zero-order valence-corrected chi connectivity index (χ0v) is 13.8. The van der Waals surface area contributed by atoms with Gasteiger partial charge in [0, 0.05) is 11.3 Å². The van der Waals surface area contributed by atoms with Crippen LogP contribution in [0.5, 0.6) is 0 Å². The lowest BCUT2D eigenvalue weighted by molar-refractivity contribution is -0.136. The average Bonchev–Trinajstić information content (AvgIpc) is 2.56. The third-order valence-corrected chi connectivity index (χ3v) is 3.68. The third-order valence-electron chi connectivity index (χ3n) is 3.68. The first kappa shape index (κ1) is 18.1. The highest BCUT2D eigenvalue weighted by molar-refractivity contribution is 6.39. The van der Waals surface area contributed by atoms with E-state index in [-0.39, 0.29) is 17.1 Å². The van der Waals surface area contributed by atoms with E-state index < -0.39 is 23.8 Å². The molecule has 25 heavy (non-hydrogen) atoms. The number of carbonyl (C=O) groups is 3. The number of hydrogen-bond acceptors (Lipinski definition) is 3. The van der Waals surface area contributed by atoms with Crippen LogP contribution in [0, 0.1) is 12.7 Å². The van der Waals surface area contributed by atoms with E-state index in [1.165, 1.54) is 30.3 Å². The maximum atomic E-state index is 12.9. The summed E-state index contributed by atoms with van der Waals surface area (Å²) in [4.78, 5) is 35.3. The van der Waals surface area contributed by atoms with Crippen LogP contribution in [-0.2, 0) is 9.59 Å². The smallest absolute Gasteiger partial charge is 0.313 e. The van der Waals surface area contributed by atoms with Crippen LogP contribution >= 0.6 is 0 Å². The van der Waals surface area contributed by atoms with Crippen molar-refractivity contribution in [2.45, 2.75) is 19.9 Å². The van der Waals surface area contributed by atoms with Crippen molar-refractivity contribution in [1.82, 2.24) is 5.32 Å². The monoisotopic (exact) mass is 343 g/mol. The van der Waals surface area contributed by atoms with E-state index in [1.54, 1.807) is 26.0 Å². The highest BCUT2D eigenvalue weighted by Gasteiger charge is 2.18. The van der Waals surface area contributed by atoms with Crippen LogP contribution in [0.15, 0.2) is 42.5 Å². The van der Waals surface area contributed by atoms with E-state index >= 15 is 0 Å². The molecule has 0 bridgehead atoms. The van der Waals surface area contributed by atoms with Crippen LogP contribution in [0.2, 0.25) is 0 Å². The van der Waals surface area contributed by atoms with Crippen molar-refractivity contribution in [2.75, 3.05) is 5.32 Å². The molecule has 0 fully saturated rings. The van der Waals surface area contributed by atoms with Gasteiger partial charge in [0.1, 0.15) is 5.82 Å². The van der Waals surface area contributed by atoms with Crippen LogP contribution in [0.3, 0.4) is 0 Å². The van der Waals surface area contributed by atoms with Gasteiger partial charge in [-0.25, -0.2) is 4.39 Å². The molecule has 0 aliphatic heterocycles. The summed E-state index contributed by atoms with van der Waals surface area (Å²) in [5.74, 6) is -2.74. The van der Waals surface area contributed by atoms with Crippen molar-refractivity contribution < 1.29 is 18.8 Å². The Hall–Kier alpha value is -3.22. The molecule has 0 heterocycles. The van der Waals surface area contributed by atoms with E-state index in [2.05, 4.69) is 10.6 Å². The van der Waals surface area contributed by atoms with Crippen LogP contribution in [0.4, 0.5) is 10.1 Å². The molecule has 7 heteroatoms. The van der Waals surface area contributed by atoms with E-state index in [4.69, 9.17) is 5.73 Å². The molecule has 0 saturated heterocycles.